The molecule has 2 rings (SSSR count). The molecule has 0 saturated carbocycles. The van der Waals surface area contributed by atoms with Crippen molar-refractivity contribution < 1.29 is 19.4 Å². The van der Waals surface area contributed by atoms with E-state index >= 15 is 0 Å². The van der Waals surface area contributed by atoms with Gasteiger partial charge in [0.25, 0.3) is 0 Å². The van der Waals surface area contributed by atoms with Crippen molar-refractivity contribution in [1.29, 1.82) is 0 Å². The Morgan fingerprint density at radius 1 is 1.23 bits per heavy atom. The van der Waals surface area contributed by atoms with E-state index in [0.29, 0.717) is 27.1 Å². The molecule has 8 heteroatoms. The van der Waals surface area contributed by atoms with Crippen LogP contribution in [0, 0.1) is 0 Å². The van der Waals surface area contributed by atoms with Crippen molar-refractivity contribution in [2.45, 2.75) is 26.1 Å². The van der Waals surface area contributed by atoms with Crippen LogP contribution in [0.4, 0.5) is 0 Å². The van der Waals surface area contributed by atoms with Gasteiger partial charge in [-0.25, -0.2) is 0 Å². The third-order valence-corrected chi connectivity index (χ3v) is 5.22. The maximum absolute atomic E-state index is 11.0. The number of aliphatic carboxylic acids is 1. The molecule has 0 bridgehead atoms. The maximum atomic E-state index is 11.0. The highest BCUT2D eigenvalue weighted by atomic mass is 79.9. The summed E-state index contributed by atoms with van der Waals surface area (Å²) in [5.74, 6) is 0.0773. The Morgan fingerprint density at radius 3 is 2.46 bits per heavy atom. The minimum atomic E-state index is -0.936. The number of methoxy groups -OCH3 is 1. The lowest BCUT2D eigenvalue weighted by Crippen LogP contribution is -2.33. The Morgan fingerprint density at radius 2 is 1.88 bits per heavy atom. The molecular formula is C18H18BrCl2NO4. The minimum Gasteiger partial charge on any atom is -0.493 e. The minimum absolute atomic E-state index is 0.146. The van der Waals surface area contributed by atoms with Gasteiger partial charge in [0.15, 0.2) is 11.5 Å². The fourth-order valence-electron chi connectivity index (χ4n) is 2.22. The number of rotatable bonds is 8. The molecule has 2 N–H and O–H groups in total. The van der Waals surface area contributed by atoms with E-state index in [2.05, 4.69) is 21.2 Å². The largest absolute Gasteiger partial charge is 0.493 e. The van der Waals surface area contributed by atoms with Gasteiger partial charge in [-0.3, -0.25) is 4.79 Å². The van der Waals surface area contributed by atoms with E-state index in [-0.39, 0.29) is 13.2 Å². The molecule has 26 heavy (non-hydrogen) atoms. The smallest absolute Gasteiger partial charge is 0.320 e. The summed E-state index contributed by atoms with van der Waals surface area (Å²) in [5.41, 5.74) is 1.40. The molecule has 1 unspecified atom stereocenters. The Hall–Kier alpha value is -1.47. The molecule has 5 nitrogen and oxygen atoms in total. The number of halogens is 3. The summed E-state index contributed by atoms with van der Waals surface area (Å²) >= 11 is 15.9. The van der Waals surface area contributed by atoms with Gasteiger partial charge in [0.05, 0.1) is 7.11 Å². The monoisotopic (exact) mass is 461 g/mol. The Balaban J connectivity index is 2.30. The lowest BCUT2D eigenvalue weighted by Gasteiger charge is -2.19. The summed E-state index contributed by atoms with van der Waals surface area (Å²) in [7, 11) is 1.54. The highest BCUT2D eigenvalue weighted by Gasteiger charge is 2.18. The zero-order valence-corrected chi connectivity index (χ0v) is 17.3. The first-order valence-electron chi connectivity index (χ1n) is 7.72. The first kappa shape index (κ1) is 20.8. The molecule has 0 heterocycles. The lowest BCUT2D eigenvalue weighted by atomic mass is 10.1. The Labute approximate surface area is 170 Å². The van der Waals surface area contributed by atoms with Crippen LogP contribution >= 0.6 is 39.1 Å². The summed E-state index contributed by atoms with van der Waals surface area (Å²) in [5, 5.41) is 13.0. The highest BCUT2D eigenvalue weighted by Crippen LogP contribution is 2.37. The second-order valence-electron chi connectivity index (χ2n) is 5.49. The molecule has 0 fully saturated rings. The van der Waals surface area contributed by atoms with Crippen LogP contribution in [0.3, 0.4) is 0 Å². The molecule has 140 valence electrons. The fraction of sp³-hybridized carbons (Fsp3) is 0.278. The summed E-state index contributed by atoms with van der Waals surface area (Å²) in [4.78, 5) is 11.0. The molecule has 0 spiro atoms. The SMILES string of the molecule is COc1ccc(Br)c(CNC(C)C(=O)O)c1OCc1c(Cl)cccc1Cl. The predicted molar refractivity (Wildman–Crippen MR) is 105 cm³/mol. The first-order valence-corrected chi connectivity index (χ1v) is 9.27. The van der Waals surface area contributed by atoms with Gasteiger partial charge in [0.2, 0.25) is 0 Å². The number of carboxylic acid groups (broad SMARTS) is 1. The second kappa shape index (κ2) is 9.46. The Kier molecular flexibility index (Phi) is 7.58. The van der Waals surface area contributed by atoms with E-state index in [1.807, 2.05) is 6.07 Å². The molecular weight excluding hydrogens is 445 g/mol. The van der Waals surface area contributed by atoms with Crippen molar-refractivity contribution in [2.24, 2.45) is 0 Å². The van der Waals surface area contributed by atoms with Crippen LogP contribution in [0.1, 0.15) is 18.1 Å². The number of carbonyl (C=O) groups is 1. The number of nitrogens with one attached hydrogen (secondary N) is 1. The van der Waals surface area contributed by atoms with Crippen LogP contribution in [0.25, 0.3) is 0 Å². The topological polar surface area (TPSA) is 67.8 Å². The van der Waals surface area contributed by atoms with Crippen LogP contribution in [0.5, 0.6) is 11.5 Å². The van der Waals surface area contributed by atoms with Gasteiger partial charge in [-0.15, -0.1) is 0 Å². The highest BCUT2D eigenvalue weighted by molar-refractivity contribution is 9.10. The third kappa shape index (κ3) is 5.04. The molecule has 1 atom stereocenters. The van der Waals surface area contributed by atoms with E-state index in [4.69, 9.17) is 37.8 Å². The summed E-state index contributed by atoms with van der Waals surface area (Å²) < 4.78 is 12.1. The van der Waals surface area contributed by atoms with Gasteiger partial charge in [-0.1, -0.05) is 45.2 Å². The van der Waals surface area contributed by atoms with E-state index in [1.54, 1.807) is 31.2 Å². The maximum Gasteiger partial charge on any atom is 0.320 e. The summed E-state index contributed by atoms with van der Waals surface area (Å²) in [6, 6.07) is 8.10. The first-order chi connectivity index (χ1) is 12.3. The molecule has 0 aliphatic heterocycles. The number of ether oxygens (including phenoxy) is 2. The zero-order chi connectivity index (χ0) is 19.3. The quantitative estimate of drug-likeness (QED) is 0.583. The number of hydrogen-bond donors (Lipinski definition) is 2. The van der Waals surface area contributed by atoms with Gasteiger partial charge in [0, 0.05) is 32.2 Å². The van der Waals surface area contributed by atoms with Gasteiger partial charge in [0.1, 0.15) is 12.6 Å². The summed E-state index contributed by atoms with van der Waals surface area (Å²) in [6.07, 6.45) is 0. The average molecular weight is 463 g/mol. The van der Waals surface area contributed by atoms with Crippen molar-refractivity contribution in [2.75, 3.05) is 7.11 Å². The molecule has 0 aliphatic rings. The van der Waals surface area contributed by atoms with Crippen molar-refractivity contribution in [3.63, 3.8) is 0 Å². The third-order valence-electron chi connectivity index (χ3n) is 3.77. The second-order valence-corrected chi connectivity index (χ2v) is 7.16. The molecule has 0 saturated heterocycles. The zero-order valence-electron chi connectivity index (χ0n) is 14.2. The Bertz CT molecular complexity index is 781. The number of benzene rings is 2. The summed E-state index contributed by atoms with van der Waals surface area (Å²) in [6.45, 7) is 1.99. The molecule has 0 radical (unpaired) electrons. The molecule has 0 aliphatic carbocycles. The fourth-order valence-corrected chi connectivity index (χ4v) is 3.18. The average Bonchev–Trinajstić information content (AvgIpc) is 2.60. The van der Waals surface area contributed by atoms with Crippen molar-refractivity contribution in [3.05, 3.63) is 56.0 Å². The van der Waals surface area contributed by atoms with Crippen molar-refractivity contribution >= 4 is 45.1 Å². The van der Waals surface area contributed by atoms with Crippen LogP contribution in [0.15, 0.2) is 34.8 Å². The number of carboxylic acids is 1. The normalized spacial score (nSPS) is 11.9. The van der Waals surface area contributed by atoms with Crippen LogP contribution in [0.2, 0.25) is 10.0 Å². The van der Waals surface area contributed by atoms with Crippen LogP contribution < -0.4 is 14.8 Å². The van der Waals surface area contributed by atoms with Gasteiger partial charge >= 0.3 is 5.97 Å². The predicted octanol–water partition coefficient (Wildman–Crippen LogP) is 4.91. The van der Waals surface area contributed by atoms with Crippen molar-refractivity contribution in [1.82, 2.24) is 5.32 Å². The van der Waals surface area contributed by atoms with E-state index in [1.165, 1.54) is 7.11 Å². The van der Waals surface area contributed by atoms with Crippen LogP contribution in [-0.4, -0.2) is 24.2 Å². The van der Waals surface area contributed by atoms with E-state index in [9.17, 15) is 4.79 Å². The lowest BCUT2D eigenvalue weighted by molar-refractivity contribution is -0.139. The van der Waals surface area contributed by atoms with Gasteiger partial charge in [-0.2, -0.15) is 0 Å². The number of hydrogen-bond acceptors (Lipinski definition) is 4. The van der Waals surface area contributed by atoms with Gasteiger partial charge < -0.3 is 19.9 Å². The standard InChI is InChI=1S/C18H18BrCl2NO4/c1-10(18(23)24)22-8-11-13(19)6-7-16(25-2)17(11)26-9-12-14(20)4-3-5-15(12)21/h3-7,10,22H,8-9H2,1-2H3,(H,23,24). The molecule has 2 aromatic carbocycles. The molecule has 2 aromatic rings. The van der Waals surface area contributed by atoms with E-state index < -0.39 is 12.0 Å². The van der Waals surface area contributed by atoms with E-state index in [0.717, 1.165) is 10.0 Å². The van der Waals surface area contributed by atoms with Gasteiger partial charge in [-0.05, 0) is 31.2 Å². The van der Waals surface area contributed by atoms with Crippen molar-refractivity contribution in [3.8, 4) is 11.5 Å². The molecule has 0 aromatic heterocycles. The van der Waals surface area contributed by atoms with Crippen LogP contribution in [-0.2, 0) is 17.9 Å². The molecule has 0 amide bonds.